The number of aliphatic hydroxyl groups excluding tert-OH is 1. The predicted octanol–water partition coefficient (Wildman–Crippen LogP) is 4.03. The quantitative estimate of drug-likeness (QED) is 0.611. The Hall–Kier alpha value is -2.57. The van der Waals surface area contributed by atoms with Crippen molar-refractivity contribution in [1.29, 1.82) is 0 Å². The maximum atomic E-state index is 13.1. The topological polar surface area (TPSA) is 50.9 Å². The molecule has 2 aromatic heterocycles. The molecule has 0 amide bonds. The molecule has 0 aliphatic rings. The van der Waals surface area contributed by atoms with Crippen LogP contribution < -0.4 is 0 Å². The molecule has 0 saturated heterocycles. The zero-order chi connectivity index (χ0) is 16.5. The van der Waals surface area contributed by atoms with Crippen LogP contribution in [0.5, 0.6) is 0 Å². The van der Waals surface area contributed by atoms with Crippen LogP contribution in [0.3, 0.4) is 0 Å². The standard InChI is InChI=1S/C18H14FN3OS/c19-13-7-5-12(6-8-13)17(23)9-22-16-4-2-1-3-14(16)21-18(22)15-10-24-11-20-15/h1-8,10-11,17,23H,9H2/t17-/m1/s1. The summed E-state index contributed by atoms with van der Waals surface area (Å²) in [6.07, 6.45) is -0.763. The Balaban J connectivity index is 1.77. The van der Waals surface area contributed by atoms with Gasteiger partial charge in [-0.1, -0.05) is 24.3 Å². The highest BCUT2D eigenvalue weighted by molar-refractivity contribution is 7.07. The van der Waals surface area contributed by atoms with Gasteiger partial charge in [0.15, 0.2) is 5.82 Å². The van der Waals surface area contributed by atoms with Gasteiger partial charge in [0.25, 0.3) is 0 Å². The Morgan fingerprint density at radius 1 is 1.12 bits per heavy atom. The number of imidazole rings is 1. The molecule has 4 rings (SSSR count). The van der Waals surface area contributed by atoms with E-state index < -0.39 is 6.10 Å². The van der Waals surface area contributed by atoms with E-state index in [2.05, 4.69) is 9.97 Å². The van der Waals surface area contributed by atoms with Crippen LogP contribution in [0.1, 0.15) is 11.7 Å². The fourth-order valence-corrected chi connectivity index (χ4v) is 3.27. The smallest absolute Gasteiger partial charge is 0.160 e. The molecule has 120 valence electrons. The van der Waals surface area contributed by atoms with E-state index in [0.717, 1.165) is 22.6 Å². The second-order valence-corrected chi connectivity index (χ2v) is 6.19. The van der Waals surface area contributed by atoms with Gasteiger partial charge in [0.1, 0.15) is 11.5 Å². The monoisotopic (exact) mass is 339 g/mol. The zero-order valence-electron chi connectivity index (χ0n) is 12.6. The summed E-state index contributed by atoms with van der Waals surface area (Å²) < 4.78 is 15.0. The summed E-state index contributed by atoms with van der Waals surface area (Å²) in [7, 11) is 0. The number of rotatable bonds is 4. The van der Waals surface area contributed by atoms with Gasteiger partial charge in [-0.3, -0.25) is 0 Å². The Kier molecular flexibility index (Phi) is 3.84. The first kappa shape index (κ1) is 15.0. The van der Waals surface area contributed by atoms with E-state index in [1.165, 1.54) is 23.5 Å². The Morgan fingerprint density at radius 3 is 2.67 bits per heavy atom. The molecule has 4 nitrogen and oxygen atoms in total. The van der Waals surface area contributed by atoms with E-state index in [1.807, 2.05) is 34.2 Å². The number of halogens is 1. The highest BCUT2D eigenvalue weighted by Crippen LogP contribution is 2.27. The number of fused-ring (bicyclic) bond motifs is 1. The van der Waals surface area contributed by atoms with Crippen molar-refractivity contribution < 1.29 is 9.50 Å². The second kappa shape index (κ2) is 6.14. The average molecular weight is 339 g/mol. The number of thiazole rings is 1. The lowest BCUT2D eigenvalue weighted by Crippen LogP contribution is -2.10. The molecular formula is C18H14FN3OS. The minimum atomic E-state index is -0.763. The molecule has 24 heavy (non-hydrogen) atoms. The molecule has 0 spiro atoms. The molecule has 0 saturated carbocycles. The van der Waals surface area contributed by atoms with Gasteiger partial charge < -0.3 is 9.67 Å². The highest BCUT2D eigenvalue weighted by Gasteiger charge is 2.17. The summed E-state index contributed by atoms with van der Waals surface area (Å²) in [5, 5.41) is 12.5. The van der Waals surface area contributed by atoms with Gasteiger partial charge in [-0.25, -0.2) is 14.4 Å². The summed E-state index contributed by atoms with van der Waals surface area (Å²) in [5.74, 6) is 0.404. The molecule has 0 radical (unpaired) electrons. The van der Waals surface area contributed by atoms with Crippen molar-refractivity contribution in [2.45, 2.75) is 12.6 Å². The van der Waals surface area contributed by atoms with Crippen molar-refractivity contribution in [2.24, 2.45) is 0 Å². The van der Waals surface area contributed by atoms with Crippen LogP contribution >= 0.6 is 11.3 Å². The third kappa shape index (κ3) is 2.70. The van der Waals surface area contributed by atoms with Crippen LogP contribution in [-0.4, -0.2) is 19.6 Å². The molecular weight excluding hydrogens is 325 g/mol. The van der Waals surface area contributed by atoms with E-state index in [1.54, 1.807) is 17.6 Å². The normalized spacial score (nSPS) is 12.6. The van der Waals surface area contributed by atoms with Gasteiger partial charge in [0.2, 0.25) is 0 Å². The number of hydrogen-bond acceptors (Lipinski definition) is 4. The number of aliphatic hydroxyl groups is 1. The number of aromatic nitrogens is 3. The third-order valence-electron chi connectivity index (χ3n) is 3.93. The Morgan fingerprint density at radius 2 is 1.92 bits per heavy atom. The van der Waals surface area contributed by atoms with E-state index in [4.69, 9.17) is 0 Å². The summed E-state index contributed by atoms with van der Waals surface area (Å²) in [6, 6.07) is 13.7. The zero-order valence-corrected chi connectivity index (χ0v) is 13.4. The lowest BCUT2D eigenvalue weighted by Gasteiger charge is -2.14. The van der Waals surface area contributed by atoms with Crippen LogP contribution in [0.4, 0.5) is 4.39 Å². The van der Waals surface area contributed by atoms with Gasteiger partial charge in [0.05, 0.1) is 29.2 Å². The third-order valence-corrected chi connectivity index (χ3v) is 4.51. The average Bonchev–Trinajstić information content (AvgIpc) is 3.23. The van der Waals surface area contributed by atoms with Crippen LogP contribution in [0.15, 0.2) is 59.4 Å². The fraction of sp³-hybridized carbons (Fsp3) is 0.111. The first-order chi connectivity index (χ1) is 11.7. The van der Waals surface area contributed by atoms with Crippen molar-refractivity contribution in [2.75, 3.05) is 0 Å². The maximum Gasteiger partial charge on any atom is 0.160 e. The van der Waals surface area contributed by atoms with Crippen molar-refractivity contribution in [3.63, 3.8) is 0 Å². The van der Waals surface area contributed by atoms with E-state index in [0.29, 0.717) is 12.1 Å². The number of benzene rings is 2. The highest BCUT2D eigenvalue weighted by atomic mass is 32.1. The Bertz CT molecular complexity index is 964. The van der Waals surface area contributed by atoms with Crippen molar-refractivity contribution in [1.82, 2.24) is 14.5 Å². The van der Waals surface area contributed by atoms with Gasteiger partial charge >= 0.3 is 0 Å². The van der Waals surface area contributed by atoms with Crippen LogP contribution in [0.2, 0.25) is 0 Å². The minimum absolute atomic E-state index is 0.317. The maximum absolute atomic E-state index is 13.1. The SMILES string of the molecule is O[C@H](Cn1c(-c2cscn2)nc2ccccc21)c1ccc(F)cc1. The summed E-state index contributed by atoms with van der Waals surface area (Å²) in [4.78, 5) is 8.99. The van der Waals surface area contributed by atoms with Crippen molar-refractivity contribution >= 4 is 22.4 Å². The molecule has 6 heteroatoms. The molecule has 0 aliphatic heterocycles. The molecule has 2 heterocycles. The van der Waals surface area contributed by atoms with E-state index >= 15 is 0 Å². The lowest BCUT2D eigenvalue weighted by atomic mass is 10.1. The molecule has 2 aromatic carbocycles. The largest absolute Gasteiger partial charge is 0.387 e. The van der Waals surface area contributed by atoms with Crippen LogP contribution in [0, 0.1) is 5.82 Å². The van der Waals surface area contributed by atoms with Crippen LogP contribution in [0.25, 0.3) is 22.6 Å². The van der Waals surface area contributed by atoms with Gasteiger partial charge in [0, 0.05) is 5.38 Å². The molecule has 0 bridgehead atoms. The number of para-hydroxylation sites is 2. The molecule has 1 N–H and O–H groups in total. The first-order valence-electron chi connectivity index (χ1n) is 7.50. The van der Waals surface area contributed by atoms with Gasteiger partial charge in [-0.05, 0) is 29.8 Å². The lowest BCUT2D eigenvalue weighted by molar-refractivity contribution is 0.158. The molecule has 4 aromatic rings. The molecule has 1 atom stereocenters. The molecule has 0 fully saturated rings. The number of hydrogen-bond donors (Lipinski definition) is 1. The fourth-order valence-electron chi connectivity index (χ4n) is 2.74. The second-order valence-electron chi connectivity index (χ2n) is 5.48. The summed E-state index contributed by atoms with van der Waals surface area (Å²) in [5.41, 5.74) is 4.99. The number of nitrogens with zero attached hydrogens (tertiary/aromatic N) is 3. The van der Waals surface area contributed by atoms with Gasteiger partial charge in [-0.2, -0.15) is 0 Å². The van der Waals surface area contributed by atoms with Gasteiger partial charge in [-0.15, -0.1) is 11.3 Å². The van der Waals surface area contributed by atoms with E-state index in [-0.39, 0.29) is 5.82 Å². The van der Waals surface area contributed by atoms with Crippen LogP contribution in [-0.2, 0) is 6.54 Å². The first-order valence-corrected chi connectivity index (χ1v) is 8.44. The molecule has 0 unspecified atom stereocenters. The van der Waals surface area contributed by atoms with E-state index in [9.17, 15) is 9.50 Å². The van der Waals surface area contributed by atoms with Crippen molar-refractivity contribution in [3.05, 3.63) is 70.8 Å². The minimum Gasteiger partial charge on any atom is -0.387 e. The van der Waals surface area contributed by atoms with Crippen molar-refractivity contribution in [3.8, 4) is 11.5 Å². The Labute approximate surface area is 141 Å². The predicted molar refractivity (Wildman–Crippen MR) is 92.2 cm³/mol. The molecule has 0 aliphatic carbocycles. The summed E-state index contributed by atoms with van der Waals surface area (Å²) >= 11 is 1.50. The summed E-state index contributed by atoms with van der Waals surface area (Å²) in [6.45, 7) is 0.318.